The summed E-state index contributed by atoms with van der Waals surface area (Å²) >= 11 is 6.16. The first-order valence-electron chi connectivity index (χ1n) is 20.1. The molecule has 1 heterocycles. The van der Waals surface area contributed by atoms with Crippen molar-refractivity contribution in [3.63, 3.8) is 0 Å². The molecule has 0 bridgehead atoms. The van der Waals surface area contributed by atoms with Crippen LogP contribution in [-0.4, -0.2) is 128 Å². The van der Waals surface area contributed by atoms with E-state index in [2.05, 4.69) is 59.7 Å². The summed E-state index contributed by atoms with van der Waals surface area (Å²) in [5.74, 6) is -3.32. The molecule has 402 valence electrons. The molecule has 0 aliphatic heterocycles. The van der Waals surface area contributed by atoms with Crippen molar-refractivity contribution >= 4 is 135 Å². The molecule has 0 atom stereocenters. The maximum atomic E-state index is 13.0. The first-order valence-corrected chi connectivity index (χ1v) is 29.4. The Morgan fingerprint density at radius 1 is 0.587 bits per heavy atom. The molecule has 37 heteroatoms. The second kappa shape index (κ2) is 22.3. The lowest BCUT2D eigenvalue weighted by atomic mass is 10.0. The van der Waals surface area contributed by atoms with Gasteiger partial charge in [-0.05, 0) is 90.8 Å². The second-order valence-electron chi connectivity index (χ2n) is 14.9. The van der Waals surface area contributed by atoms with Crippen LogP contribution in [0.15, 0.2) is 113 Å². The lowest BCUT2D eigenvalue weighted by Crippen LogP contribution is -2.16. The van der Waals surface area contributed by atoms with E-state index in [0.29, 0.717) is 0 Å². The predicted molar refractivity (Wildman–Crippen MR) is 264 cm³/mol. The summed E-state index contributed by atoms with van der Waals surface area (Å²) in [5, 5.41) is 34.8. The van der Waals surface area contributed by atoms with E-state index >= 15 is 0 Å². The van der Waals surface area contributed by atoms with Crippen molar-refractivity contribution in [2.24, 2.45) is 20.5 Å². The molecule has 75 heavy (non-hydrogen) atoms. The van der Waals surface area contributed by atoms with Gasteiger partial charge in [0, 0.05) is 35.3 Å². The molecule has 0 radical (unpaired) electrons. The summed E-state index contributed by atoms with van der Waals surface area (Å²) in [5.41, 5.74) is -1.45. The van der Waals surface area contributed by atoms with Gasteiger partial charge >= 0.3 is 20.8 Å². The average Bonchev–Trinajstić information content (AvgIpc) is 3.28. The lowest BCUT2D eigenvalue weighted by molar-refractivity contribution is 0.282. The number of phenolic OH excluding ortho intramolecular Hbond substituents is 1. The van der Waals surface area contributed by atoms with Gasteiger partial charge in [0.15, 0.2) is 25.4 Å². The molecular formula is C38H37ClN10O20S6. The van der Waals surface area contributed by atoms with Gasteiger partial charge in [-0.15, -0.1) is 20.5 Å². The number of sulfone groups is 2. The number of nitrogens with one attached hydrogen (secondary N) is 3. The Morgan fingerprint density at radius 3 is 1.69 bits per heavy atom. The van der Waals surface area contributed by atoms with Crippen LogP contribution in [0.3, 0.4) is 0 Å². The van der Waals surface area contributed by atoms with E-state index in [-0.39, 0.29) is 66.9 Å². The first kappa shape index (κ1) is 57.6. The third kappa shape index (κ3) is 14.8. The molecular weight excluding hydrogens is 1140 g/mol. The lowest BCUT2D eigenvalue weighted by Gasteiger charge is -2.15. The molecule has 0 unspecified atom stereocenters. The van der Waals surface area contributed by atoms with Crippen LogP contribution in [0.2, 0.25) is 5.28 Å². The molecule has 0 saturated carbocycles. The fourth-order valence-corrected chi connectivity index (χ4v) is 11.2. The highest BCUT2D eigenvalue weighted by atomic mass is 35.5. The Kier molecular flexibility index (Phi) is 17.1. The number of rotatable bonds is 22. The quantitative estimate of drug-likeness (QED) is 0.0297. The third-order valence-electron chi connectivity index (χ3n) is 9.80. The number of aromatic nitrogens is 3. The monoisotopic (exact) mass is 1180 g/mol. The van der Waals surface area contributed by atoms with Crippen molar-refractivity contribution in [1.82, 2.24) is 15.0 Å². The Balaban J connectivity index is 1.34. The molecule has 5 aromatic carbocycles. The maximum Gasteiger partial charge on any atom is 0.397 e. The number of anilines is 5. The number of halogens is 1. The highest BCUT2D eigenvalue weighted by molar-refractivity contribution is 7.92. The third-order valence-corrected chi connectivity index (χ3v) is 16.2. The number of fused-ring (bicyclic) bond motifs is 1. The SMILES string of the molecule is CNc1ccc2c(OC)c(N=Nc3cc(C)c(S(=O)(=O)CCOS(=O)(=O)O)cc3O)c(S(=O)(=O)O)cc2c1N=Nc1cc(Nc2nc(Cl)nc(Nc3ccc(S(=O)(=O)CCOS(=O)(=O)O)cc3)n2)ccc1S(=O)(=O)O. The van der Waals surface area contributed by atoms with Gasteiger partial charge in [-0.3, -0.25) is 18.2 Å². The number of aromatic hydroxyl groups is 1. The fraction of sp³-hybridized carbons (Fsp3) is 0.184. The van der Waals surface area contributed by atoms with Gasteiger partial charge in [0.05, 0.1) is 47.3 Å². The predicted octanol–water partition coefficient (Wildman–Crippen LogP) is 5.74. The maximum absolute atomic E-state index is 13.0. The van der Waals surface area contributed by atoms with E-state index in [9.17, 15) is 64.7 Å². The Labute approximate surface area is 431 Å². The molecule has 8 N–H and O–H groups in total. The zero-order valence-corrected chi connectivity index (χ0v) is 43.7. The van der Waals surface area contributed by atoms with Crippen molar-refractivity contribution in [2.75, 3.05) is 54.8 Å². The Bertz CT molecular complexity index is 4000. The van der Waals surface area contributed by atoms with Crippen LogP contribution in [-0.2, 0) is 69.1 Å². The Morgan fingerprint density at radius 2 is 1.13 bits per heavy atom. The molecule has 0 aliphatic rings. The fourth-order valence-electron chi connectivity index (χ4n) is 6.57. The second-order valence-corrected chi connectivity index (χ2v) is 24.4. The van der Waals surface area contributed by atoms with Gasteiger partial charge < -0.3 is 25.8 Å². The van der Waals surface area contributed by atoms with Crippen LogP contribution in [0.25, 0.3) is 10.8 Å². The topological polar surface area (TPSA) is 458 Å². The smallest absolute Gasteiger partial charge is 0.397 e. The van der Waals surface area contributed by atoms with Crippen molar-refractivity contribution in [3.8, 4) is 11.5 Å². The number of aryl methyl sites for hydroxylation is 1. The molecule has 30 nitrogen and oxygen atoms in total. The van der Waals surface area contributed by atoms with Gasteiger partial charge in [-0.2, -0.15) is 48.6 Å². The standard InChI is InChI=1S/C38H37ClN10O20S6/c1-20-16-27(29(50)19-31(20)71(53,54)15-13-69-75(64,65)66)46-49-34-32(73(58,59)60)18-25-24(35(34)67-3)9-10-26(40-2)33(25)48-47-28-17-22(6-11-30(28)72(55,56)57)42-38-44-36(39)43-37(45-38)41-21-4-7-23(8-5-21)70(51,52)14-12-68-74(61,62)63/h4-11,16-19,40,50H,12-15H2,1-3H3,(H,55,56,57)(H,58,59,60)(H,61,62,63)(H,64,65,66)(H2,41,42,43,44,45). The molecule has 0 spiro atoms. The Hall–Kier alpha value is -6.68. The van der Waals surface area contributed by atoms with Crippen molar-refractivity contribution in [3.05, 3.63) is 83.6 Å². The van der Waals surface area contributed by atoms with Gasteiger partial charge in [-0.1, -0.05) is 0 Å². The molecule has 6 aromatic rings. The normalized spacial score (nSPS) is 12.9. The van der Waals surface area contributed by atoms with Gasteiger partial charge in [0.25, 0.3) is 20.2 Å². The van der Waals surface area contributed by atoms with Crippen LogP contribution in [0.1, 0.15) is 5.56 Å². The molecule has 0 aliphatic carbocycles. The number of hydrogen-bond donors (Lipinski definition) is 8. The van der Waals surface area contributed by atoms with Gasteiger partial charge in [-0.25, -0.2) is 25.2 Å². The van der Waals surface area contributed by atoms with Crippen LogP contribution < -0.4 is 20.7 Å². The number of phenols is 1. The van der Waals surface area contributed by atoms with E-state index in [1.807, 2.05) is 0 Å². The molecule has 6 rings (SSSR count). The van der Waals surface area contributed by atoms with E-state index < -0.39 is 123 Å². The number of ether oxygens (including phenoxy) is 1. The highest BCUT2D eigenvalue weighted by Crippen LogP contribution is 2.48. The number of hydrogen-bond acceptors (Lipinski definition) is 26. The number of methoxy groups -OCH3 is 1. The van der Waals surface area contributed by atoms with Crippen LogP contribution in [0.5, 0.6) is 11.5 Å². The molecule has 0 saturated heterocycles. The molecule has 0 amide bonds. The summed E-state index contributed by atoms with van der Waals surface area (Å²) in [6, 6.07) is 13.7. The first-order chi connectivity index (χ1) is 34.8. The number of nitrogens with zero attached hydrogens (tertiary/aromatic N) is 7. The minimum Gasteiger partial charge on any atom is -0.506 e. The summed E-state index contributed by atoms with van der Waals surface area (Å²) in [4.78, 5) is 9.72. The minimum absolute atomic E-state index is 0.0111. The molecule has 1 aromatic heterocycles. The number of azo groups is 2. The van der Waals surface area contributed by atoms with Gasteiger partial charge in [0.1, 0.15) is 38.3 Å². The van der Waals surface area contributed by atoms with Gasteiger partial charge in [0.2, 0.25) is 17.2 Å². The summed E-state index contributed by atoms with van der Waals surface area (Å²) < 4.78 is 197. The summed E-state index contributed by atoms with van der Waals surface area (Å²) in [6.45, 7) is -0.527. The minimum atomic E-state index is -5.27. The van der Waals surface area contributed by atoms with E-state index in [0.717, 1.165) is 37.4 Å². The zero-order valence-electron chi connectivity index (χ0n) is 38.1. The van der Waals surface area contributed by atoms with Crippen LogP contribution >= 0.6 is 11.6 Å². The summed E-state index contributed by atoms with van der Waals surface area (Å²) in [7, 11) is -26.0. The largest absolute Gasteiger partial charge is 0.506 e. The van der Waals surface area contributed by atoms with E-state index in [4.69, 9.17) is 25.4 Å². The van der Waals surface area contributed by atoms with Crippen LogP contribution in [0.4, 0.5) is 51.7 Å². The number of benzene rings is 5. The summed E-state index contributed by atoms with van der Waals surface area (Å²) in [6.07, 6.45) is 0. The van der Waals surface area contributed by atoms with Crippen LogP contribution in [0, 0.1) is 6.92 Å². The van der Waals surface area contributed by atoms with Crippen molar-refractivity contribution in [2.45, 2.75) is 26.5 Å². The average molecular weight is 1180 g/mol. The highest BCUT2D eigenvalue weighted by Gasteiger charge is 2.27. The van der Waals surface area contributed by atoms with E-state index in [1.165, 1.54) is 56.4 Å². The van der Waals surface area contributed by atoms with Crippen molar-refractivity contribution < 1.29 is 86.9 Å². The van der Waals surface area contributed by atoms with E-state index in [1.54, 1.807) is 0 Å². The zero-order chi connectivity index (χ0) is 55.5. The molecule has 0 fully saturated rings. The van der Waals surface area contributed by atoms with Crippen molar-refractivity contribution in [1.29, 1.82) is 0 Å².